The van der Waals surface area contributed by atoms with Crippen LogP contribution in [0.1, 0.15) is 73.7 Å². The van der Waals surface area contributed by atoms with Gasteiger partial charge in [0.05, 0.1) is 11.3 Å². The molecule has 0 bridgehead atoms. The number of hydrogen-bond donors (Lipinski definition) is 2. The minimum atomic E-state index is -0.946. The third-order valence-electron chi connectivity index (χ3n) is 7.50. The van der Waals surface area contributed by atoms with Gasteiger partial charge in [0, 0.05) is 18.7 Å². The molecule has 8 heteroatoms. The summed E-state index contributed by atoms with van der Waals surface area (Å²) in [7, 11) is 0. The first kappa shape index (κ1) is 26.1. The summed E-state index contributed by atoms with van der Waals surface area (Å²) in [5.74, 6) is -0.601. The number of nitrogens with one attached hydrogen (secondary N) is 1. The van der Waals surface area contributed by atoms with Crippen LogP contribution in [0.4, 0.5) is 0 Å². The van der Waals surface area contributed by atoms with Crippen LogP contribution >= 0.6 is 11.3 Å². The van der Waals surface area contributed by atoms with Gasteiger partial charge in [-0.3, -0.25) is 19.4 Å². The van der Waals surface area contributed by atoms with Gasteiger partial charge in [0.2, 0.25) is 0 Å². The van der Waals surface area contributed by atoms with E-state index < -0.39 is 11.6 Å². The Hall–Kier alpha value is -3.00. The average molecular weight is 510 g/mol. The third kappa shape index (κ3) is 5.69. The summed E-state index contributed by atoms with van der Waals surface area (Å²) in [5.41, 5.74) is 1.89. The first-order valence-corrected chi connectivity index (χ1v) is 13.5. The van der Waals surface area contributed by atoms with Gasteiger partial charge in [0.25, 0.3) is 11.8 Å². The van der Waals surface area contributed by atoms with Crippen molar-refractivity contribution in [3.8, 4) is 0 Å². The molecule has 7 nitrogen and oxygen atoms in total. The maximum absolute atomic E-state index is 13.6. The van der Waals surface area contributed by atoms with E-state index in [9.17, 15) is 14.4 Å². The van der Waals surface area contributed by atoms with E-state index in [2.05, 4.69) is 26.1 Å². The van der Waals surface area contributed by atoms with E-state index in [0.717, 1.165) is 36.1 Å². The molecule has 4 rings (SSSR count). The lowest BCUT2D eigenvalue weighted by Gasteiger charge is -2.45. The van der Waals surface area contributed by atoms with Gasteiger partial charge in [-0.25, -0.2) is 0 Å². The van der Waals surface area contributed by atoms with Crippen LogP contribution in [0.5, 0.6) is 0 Å². The zero-order valence-electron chi connectivity index (χ0n) is 21.3. The van der Waals surface area contributed by atoms with Gasteiger partial charge < -0.3 is 15.3 Å². The van der Waals surface area contributed by atoms with Gasteiger partial charge in [-0.05, 0) is 72.6 Å². The molecule has 1 aliphatic carbocycles. The topological polar surface area (TPSA) is 99.1 Å². The highest BCUT2D eigenvalue weighted by atomic mass is 32.1. The lowest BCUT2D eigenvalue weighted by atomic mass is 9.69. The molecule has 2 N–H and O–H groups in total. The molecule has 0 saturated heterocycles. The number of benzene rings is 1. The first-order chi connectivity index (χ1) is 17.1. The molecular formula is C28H35N3O4S. The molecule has 2 aliphatic rings. The predicted octanol–water partition coefficient (Wildman–Crippen LogP) is 4.76. The van der Waals surface area contributed by atoms with Gasteiger partial charge >= 0.3 is 5.97 Å². The fourth-order valence-corrected chi connectivity index (χ4v) is 6.00. The molecule has 36 heavy (non-hydrogen) atoms. The number of nitrogens with zero attached hydrogens (tertiary/aromatic N) is 2. The zero-order chi connectivity index (χ0) is 25.9. The normalized spacial score (nSPS) is 22.1. The maximum atomic E-state index is 13.6. The van der Waals surface area contributed by atoms with Gasteiger partial charge in [0.1, 0.15) is 11.4 Å². The SMILES string of the molecule is CC(C)(C)C1CCC2(CC1)N=C(c1cccs1)C(=O)N2CCc1ccc(C(=O)NCCC(=O)O)cc1. The van der Waals surface area contributed by atoms with Crippen molar-refractivity contribution in [3.05, 3.63) is 57.8 Å². The van der Waals surface area contributed by atoms with E-state index >= 15 is 0 Å². The maximum Gasteiger partial charge on any atom is 0.305 e. The Morgan fingerprint density at radius 3 is 2.44 bits per heavy atom. The van der Waals surface area contributed by atoms with Gasteiger partial charge in [-0.2, -0.15) is 0 Å². The summed E-state index contributed by atoms with van der Waals surface area (Å²) in [4.78, 5) is 44.5. The first-order valence-electron chi connectivity index (χ1n) is 12.6. The molecule has 0 unspecified atom stereocenters. The second-order valence-electron chi connectivity index (χ2n) is 10.9. The summed E-state index contributed by atoms with van der Waals surface area (Å²) in [6.07, 6.45) is 4.43. The van der Waals surface area contributed by atoms with Crippen LogP contribution in [0, 0.1) is 11.3 Å². The number of aliphatic carboxylic acids is 1. The highest BCUT2D eigenvalue weighted by Crippen LogP contribution is 2.46. The Labute approximate surface area is 216 Å². The molecule has 2 heterocycles. The monoisotopic (exact) mass is 509 g/mol. The molecule has 2 aromatic rings. The van der Waals surface area contributed by atoms with Crippen LogP contribution in [-0.2, 0) is 16.0 Å². The Bertz CT molecular complexity index is 1120. The number of carbonyl (C=O) groups excluding carboxylic acids is 2. The molecule has 1 spiro atoms. The van der Waals surface area contributed by atoms with Crippen molar-refractivity contribution >= 4 is 34.8 Å². The summed E-state index contributed by atoms with van der Waals surface area (Å²) in [6.45, 7) is 7.55. The second kappa shape index (κ2) is 10.5. The van der Waals surface area contributed by atoms with E-state index in [4.69, 9.17) is 10.1 Å². The number of hydrogen-bond acceptors (Lipinski definition) is 5. The van der Waals surface area contributed by atoms with Crippen molar-refractivity contribution in [2.45, 2.75) is 65.0 Å². The smallest absolute Gasteiger partial charge is 0.305 e. The van der Waals surface area contributed by atoms with E-state index in [1.165, 1.54) is 0 Å². The van der Waals surface area contributed by atoms with Crippen LogP contribution in [0.15, 0.2) is 46.8 Å². The van der Waals surface area contributed by atoms with E-state index in [1.807, 2.05) is 34.5 Å². The van der Waals surface area contributed by atoms with Crippen molar-refractivity contribution in [1.29, 1.82) is 0 Å². The third-order valence-corrected chi connectivity index (χ3v) is 8.38. The summed E-state index contributed by atoms with van der Waals surface area (Å²) >= 11 is 1.56. The minimum absolute atomic E-state index is 0.0149. The molecular weight excluding hydrogens is 474 g/mol. The van der Waals surface area contributed by atoms with Crippen LogP contribution in [0.3, 0.4) is 0 Å². The molecule has 192 valence electrons. The minimum Gasteiger partial charge on any atom is -0.481 e. The van der Waals surface area contributed by atoms with Gasteiger partial charge in [-0.15, -0.1) is 11.3 Å². The van der Waals surface area contributed by atoms with Crippen molar-refractivity contribution < 1.29 is 19.5 Å². The molecule has 0 atom stereocenters. The molecule has 0 radical (unpaired) electrons. The van der Waals surface area contributed by atoms with Crippen molar-refractivity contribution in [3.63, 3.8) is 0 Å². The molecule has 1 fully saturated rings. The fraction of sp³-hybridized carbons (Fsp3) is 0.500. The van der Waals surface area contributed by atoms with E-state index in [-0.39, 0.29) is 30.2 Å². The average Bonchev–Trinajstić information content (AvgIpc) is 3.45. The standard InChI is InChI=1S/C28H35N3O4S/c1-27(2,3)21-10-14-28(15-11-21)30-24(22-5-4-18-36-22)26(35)31(28)17-13-19-6-8-20(9-7-19)25(34)29-16-12-23(32)33/h4-9,18,21H,10-17H2,1-3H3,(H,29,34)(H,32,33). The largest absolute Gasteiger partial charge is 0.481 e. The Balaban J connectivity index is 1.45. The highest BCUT2D eigenvalue weighted by Gasteiger charge is 2.49. The van der Waals surface area contributed by atoms with Crippen LogP contribution in [0.2, 0.25) is 0 Å². The van der Waals surface area contributed by atoms with Crippen LogP contribution in [0.25, 0.3) is 0 Å². The quantitative estimate of drug-likeness (QED) is 0.536. The molecule has 1 aliphatic heterocycles. The van der Waals surface area contributed by atoms with Crippen molar-refractivity contribution in [1.82, 2.24) is 10.2 Å². The fourth-order valence-electron chi connectivity index (χ4n) is 5.29. The van der Waals surface area contributed by atoms with Crippen molar-refractivity contribution in [2.75, 3.05) is 13.1 Å². The van der Waals surface area contributed by atoms with Crippen LogP contribution in [-0.4, -0.2) is 52.3 Å². The molecule has 1 aromatic carbocycles. The molecule has 1 aromatic heterocycles. The van der Waals surface area contributed by atoms with Gasteiger partial charge in [-0.1, -0.05) is 39.0 Å². The summed E-state index contributed by atoms with van der Waals surface area (Å²) in [5, 5.41) is 13.3. The van der Waals surface area contributed by atoms with Crippen LogP contribution < -0.4 is 5.32 Å². The number of aliphatic imine (C=N–C) groups is 1. The van der Waals surface area contributed by atoms with E-state index in [0.29, 0.717) is 30.2 Å². The predicted molar refractivity (Wildman–Crippen MR) is 141 cm³/mol. The highest BCUT2D eigenvalue weighted by molar-refractivity contribution is 7.13. The zero-order valence-corrected chi connectivity index (χ0v) is 22.1. The summed E-state index contributed by atoms with van der Waals surface area (Å²) < 4.78 is 0. The molecule has 2 amide bonds. The lowest BCUT2D eigenvalue weighted by molar-refractivity contribution is -0.136. The number of rotatable bonds is 8. The number of carboxylic acids is 1. The number of carbonyl (C=O) groups is 3. The number of amides is 2. The van der Waals surface area contributed by atoms with Gasteiger partial charge in [0.15, 0.2) is 0 Å². The lowest BCUT2D eigenvalue weighted by Crippen LogP contribution is -2.50. The van der Waals surface area contributed by atoms with E-state index in [1.54, 1.807) is 23.5 Å². The van der Waals surface area contributed by atoms with Crippen molar-refractivity contribution in [2.24, 2.45) is 16.3 Å². The second-order valence-corrected chi connectivity index (χ2v) is 11.8. The number of thiophene rings is 1. The Morgan fingerprint density at radius 2 is 1.86 bits per heavy atom. The summed E-state index contributed by atoms with van der Waals surface area (Å²) in [6, 6.07) is 11.2. The number of carboxylic acid groups (broad SMARTS) is 1. The Morgan fingerprint density at radius 1 is 1.17 bits per heavy atom. The Kier molecular flexibility index (Phi) is 7.64. The molecule has 1 saturated carbocycles.